The molecule has 0 aliphatic carbocycles. The van der Waals surface area contributed by atoms with Crippen molar-refractivity contribution in [1.29, 1.82) is 0 Å². The van der Waals surface area contributed by atoms with E-state index in [4.69, 9.17) is 12.2 Å². The molecule has 8 heteroatoms. The lowest BCUT2D eigenvalue weighted by molar-refractivity contribution is -0.121. The molecule has 1 aliphatic heterocycles. The maximum Gasteiger partial charge on any atom is 0.267 e. The van der Waals surface area contributed by atoms with Crippen molar-refractivity contribution >= 4 is 51.7 Å². The van der Waals surface area contributed by atoms with E-state index in [1.54, 1.807) is 42.6 Å². The van der Waals surface area contributed by atoms with E-state index in [2.05, 4.69) is 23.5 Å². The highest BCUT2D eigenvalue weighted by atomic mass is 32.2. The molecule has 0 spiro atoms. The molecule has 2 aromatic heterocycles. The number of rotatable bonds is 6. The summed E-state index contributed by atoms with van der Waals surface area (Å²) in [5, 5.41) is 3.06. The van der Waals surface area contributed by atoms with Crippen molar-refractivity contribution in [2.24, 2.45) is 0 Å². The summed E-state index contributed by atoms with van der Waals surface area (Å²) in [4.78, 5) is 31.8. The molecule has 0 bridgehead atoms. The Bertz CT molecular complexity index is 1010. The third-order valence-corrected chi connectivity index (χ3v) is 5.02. The summed E-state index contributed by atoms with van der Waals surface area (Å²) in [7, 11) is 0. The zero-order valence-electron chi connectivity index (χ0n) is 13.8. The molecule has 2 aromatic rings. The van der Waals surface area contributed by atoms with Gasteiger partial charge in [0.2, 0.25) is 0 Å². The van der Waals surface area contributed by atoms with Crippen molar-refractivity contribution in [2.75, 3.05) is 18.4 Å². The molecule has 1 N–H and O–H groups in total. The van der Waals surface area contributed by atoms with Crippen LogP contribution in [0.15, 0.2) is 59.4 Å². The van der Waals surface area contributed by atoms with E-state index >= 15 is 0 Å². The Balaban J connectivity index is 2.14. The fourth-order valence-corrected chi connectivity index (χ4v) is 3.71. The summed E-state index contributed by atoms with van der Waals surface area (Å²) < 4.78 is 1.88. The Hall–Kier alpha value is -2.71. The minimum absolute atomic E-state index is 0.243. The van der Waals surface area contributed by atoms with Gasteiger partial charge in [-0.1, -0.05) is 42.2 Å². The maximum absolute atomic E-state index is 12.9. The van der Waals surface area contributed by atoms with E-state index in [0.29, 0.717) is 39.3 Å². The van der Waals surface area contributed by atoms with Gasteiger partial charge >= 0.3 is 0 Å². The van der Waals surface area contributed by atoms with Gasteiger partial charge in [0.25, 0.3) is 11.5 Å². The Morgan fingerprint density at radius 2 is 2.08 bits per heavy atom. The average molecular weight is 384 g/mol. The number of anilines is 1. The fourth-order valence-electron chi connectivity index (χ4n) is 2.45. The summed E-state index contributed by atoms with van der Waals surface area (Å²) in [5.41, 5.74) is 0.547. The number of nitrogens with one attached hydrogen (secondary N) is 1. The zero-order chi connectivity index (χ0) is 18.7. The number of fused-ring (bicyclic) bond motifs is 1. The van der Waals surface area contributed by atoms with Gasteiger partial charge in [-0.2, -0.15) is 0 Å². The molecule has 1 saturated heterocycles. The third-order valence-electron chi connectivity index (χ3n) is 3.64. The number of thioether (sulfide) groups is 1. The zero-order valence-corrected chi connectivity index (χ0v) is 15.5. The van der Waals surface area contributed by atoms with Gasteiger partial charge in [0.05, 0.1) is 10.5 Å². The lowest BCUT2D eigenvalue weighted by Gasteiger charge is -2.11. The predicted octanol–water partition coefficient (Wildman–Crippen LogP) is 2.68. The van der Waals surface area contributed by atoms with Crippen LogP contribution in [0.1, 0.15) is 5.56 Å². The van der Waals surface area contributed by atoms with Crippen LogP contribution in [-0.4, -0.2) is 37.6 Å². The van der Waals surface area contributed by atoms with E-state index in [1.807, 2.05) is 0 Å². The van der Waals surface area contributed by atoms with Gasteiger partial charge in [-0.05, 0) is 18.2 Å². The van der Waals surface area contributed by atoms with Crippen molar-refractivity contribution in [1.82, 2.24) is 14.3 Å². The standard InChI is InChI=1S/C18H16N4O2S2/c1-3-8-19-15-12(16(23)21-10-6-5-7-14(21)20-15)11-13-17(24)22(9-4-2)18(25)26-13/h3-7,10-11,19H,1-2,8-9H2. The lowest BCUT2D eigenvalue weighted by Crippen LogP contribution is -2.28. The lowest BCUT2D eigenvalue weighted by atomic mass is 10.2. The van der Waals surface area contributed by atoms with Crippen molar-refractivity contribution in [3.05, 3.63) is 70.5 Å². The first-order valence-corrected chi connectivity index (χ1v) is 9.01. The van der Waals surface area contributed by atoms with Gasteiger partial charge in [0.15, 0.2) is 0 Å². The van der Waals surface area contributed by atoms with Crippen LogP contribution in [0.25, 0.3) is 11.7 Å². The largest absolute Gasteiger partial charge is 0.366 e. The summed E-state index contributed by atoms with van der Waals surface area (Å²) in [6.45, 7) is 8.07. The molecule has 1 aliphatic rings. The summed E-state index contributed by atoms with van der Waals surface area (Å²) in [6, 6.07) is 5.30. The molecule has 132 valence electrons. The van der Waals surface area contributed by atoms with Crippen LogP contribution in [0.4, 0.5) is 5.82 Å². The second-order valence-corrected chi connectivity index (χ2v) is 7.03. The minimum atomic E-state index is -0.267. The highest BCUT2D eigenvalue weighted by Gasteiger charge is 2.31. The Labute approximate surface area is 159 Å². The van der Waals surface area contributed by atoms with Crippen LogP contribution < -0.4 is 10.9 Å². The molecule has 0 unspecified atom stereocenters. The number of carbonyl (C=O) groups excluding carboxylic acids is 1. The molecule has 6 nitrogen and oxygen atoms in total. The van der Waals surface area contributed by atoms with Crippen molar-refractivity contribution in [3.8, 4) is 0 Å². The fraction of sp³-hybridized carbons (Fsp3) is 0.111. The van der Waals surface area contributed by atoms with E-state index in [9.17, 15) is 9.59 Å². The maximum atomic E-state index is 12.9. The van der Waals surface area contributed by atoms with Crippen molar-refractivity contribution < 1.29 is 4.79 Å². The molecule has 0 aromatic carbocycles. The van der Waals surface area contributed by atoms with Gasteiger partial charge in [0.1, 0.15) is 15.8 Å². The third kappa shape index (κ3) is 3.33. The van der Waals surface area contributed by atoms with Crippen LogP contribution in [0.2, 0.25) is 0 Å². The summed E-state index contributed by atoms with van der Waals surface area (Å²) >= 11 is 6.40. The molecule has 0 atom stereocenters. The molecule has 0 radical (unpaired) electrons. The normalized spacial score (nSPS) is 15.7. The van der Waals surface area contributed by atoms with Crippen molar-refractivity contribution in [2.45, 2.75) is 0 Å². The van der Waals surface area contributed by atoms with E-state index < -0.39 is 0 Å². The number of pyridine rings is 1. The average Bonchev–Trinajstić information content (AvgIpc) is 2.90. The molecule has 0 saturated carbocycles. The molecule has 1 amide bonds. The molecule has 3 heterocycles. The van der Waals surface area contributed by atoms with Crippen LogP contribution in [0.3, 0.4) is 0 Å². The molecule has 1 fully saturated rings. The number of hydrogen-bond donors (Lipinski definition) is 1. The summed E-state index contributed by atoms with van der Waals surface area (Å²) in [5.74, 6) is 0.155. The summed E-state index contributed by atoms with van der Waals surface area (Å²) in [6.07, 6.45) is 6.46. The monoisotopic (exact) mass is 384 g/mol. The molecular weight excluding hydrogens is 368 g/mol. The van der Waals surface area contributed by atoms with Crippen molar-refractivity contribution in [3.63, 3.8) is 0 Å². The topological polar surface area (TPSA) is 66.7 Å². The number of nitrogens with zero attached hydrogens (tertiary/aromatic N) is 3. The second kappa shape index (κ2) is 7.67. The van der Waals surface area contributed by atoms with Gasteiger partial charge in [-0.15, -0.1) is 13.2 Å². The van der Waals surface area contributed by atoms with Gasteiger partial charge in [0, 0.05) is 19.3 Å². The minimum Gasteiger partial charge on any atom is -0.366 e. The Kier molecular flexibility index (Phi) is 5.34. The SMILES string of the molecule is C=CCNc1nc2ccccn2c(=O)c1C=C1SC(=S)N(CC=C)C1=O. The molecule has 3 rings (SSSR count). The highest BCUT2D eigenvalue weighted by molar-refractivity contribution is 8.26. The Morgan fingerprint density at radius 1 is 1.27 bits per heavy atom. The number of amides is 1. The van der Waals surface area contributed by atoms with Crippen LogP contribution in [0.5, 0.6) is 0 Å². The molecular formula is C18H16N4O2S2. The molecule has 26 heavy (non-hydrogen) atoms. The smallest absolute Gasteiger partial charge is 0.267 e. The van der Waals surface area contributed by atoms with Gasteiger partial charge in [-0.25, -0.2) is 4.98 Å². The van der Waals surface area contributed by atoms with Crippen LogP contribution in [0, 0.1) is 0 Å². The number of aromatic nitrogens is 2. The first-order chi connectivity index (χ1) is 12.6. The Morgan fingerprint density at radius 3 is 2.81 bits per heavy atom. The first-order valence-electron chi connectivity index (χ1n) is 7.79. The van der Waals surface area contributed by atoms with E-state index in [-0.39, 0.29) is 11.5 Å². The van der Waals surface area contributed by atoms with Crippen LogP contribution in [-0.2, 0) is 4.79 Å². The second-order valence-electron chi connectivity index (χ2n) is 5.36. The van der Waals surface area contributed by atoms with E-state index in [1.165, 1.54) is 9.30 Å². The van der Waals surface area contributed by atoms with E-state index in [0.717, 1.165) is 11.8 Å². The highest BCUT2D eigenvalue weighted by Crippen LogP contribution is 2.32. The number of carbonyl (C=O) groups is 1. The van der Waals surface area contributed by atoms with Gasteiger partial charge < -0.3 is 5.32 Å². The van der Waals surface area contributed by atoms with Crippen LogP contribution >= 0.6 is 24.0 Å². The first kappa shape index (κ1) is 18.1. The number of hydrogen-bond acceptors (Lipinski definition) is 6. The number of thiocarbonyl (C=S) groups is 1. The predicted molar refractivity (Wildman–Crippen MR) is 110 cm³/mol. The van der Waals surface area contributed by atoms with Gasteiger partial charge in [-0.3, -0.25) is 18.9 Å². The quantitative estimate of drug-likeness (QED) is 0.469.